The van der Waals surface area contributed by atoms with Gasteiger partial charge < -0.3 is 10.2 Å². The first-order chi connectivity index (χ1) is 8.61. The van der Waals surface area contributed by atoms with E-state index in [4.69, 9.17) is 0 Å². The number of aromatic nitrogens is 1. The van der Waals surface area contributed by atoms with Gasteiger partial charge in [0.2, 0.25) is 11.8 Å². The summed E-state index contributed by atoms with van der Waals surface area (Å²) < 4.78 is 0. The number of nitrogens with zero attached hydrogens (tertiary/aromatic N) is 2. The average molecular weight is 247 g/mol. The maximum absolute atomic E-state index is 12.3. The van der Waals surface area contributed by atoms with E-state index in [9.17, 15) is 9.59 Å². The molecule has 96 valence electrons. The quantitative estimate of drug-likeness (QED) is 0.848. The van der Waals surface area contributed by atoms with Crippen molar-refractivity contribution in [1.29, 1.82) is 0 Å². The highest BCUT2D eigenvalue weighted by molar-refractivity contribution is 6.01. The first-order valence-electron chi connectivity index (χ1n) is 6.15. The van der Waals surface area contributed by atoms with Gasteiger partial charge in [-0.1, -0.05) is 6.92 Å². The minimum absolute atomic E-state index is 0.0611. The predicted octanol–water partition coefficient (Wildman–Crippen LogP) is 1.02. The van der Waals surface area contributed by atoms with Gasteiger partial charge in [0.1, 0.15) is 6.04 Å². The molecule has 2 amide bonds. The first kappa shape index (κ1) is 12.5. The van der Waals surface area contributed by atoms with Crippen LogP contribution >= 0.6 is 0 Å². The lowest BCUT2D eigenvalue weighted by Crippen LogP contribution is -2.44. The Balaban J connectivity index is 2.27. The second-order valence-electron chi connectivity index (χ2n) is 4.43. The van der Waals surface area contributed by atoms with Crippen LogP contribution in [-0.2, 0) is 9.59 Å². The third kappa shape index (κ3) is 2.50. The van der Waals surface area contributed by atoms with Crippen LogP contribution in [0.15, 0.2) is 18.3 Å². The van der Waals surface area contributed by atoms with E-state index >= 15 is 0 Å². The molecule has 0 saturated carbocycles. The van der Waals surface area contributed by atoms with Crippen LogP contribution in [0, 0.1) is 6.92 Å². The summed E-state index contributed by atoms with van der Waals surface area (Å²) in [7, 11) is 0. The van der Waals surface area contributed by atoms with E-state index in [0.717, 1.165) is 11.4 Å². The van der Waals surface area contributed by atoms with Gasteiger partial charge in [-0.25, -0.2) is 0 Å². The van der Waals surface area contributed by atoms with Crippen molar-refractivity contribution in [3.05, 3.63) is 24.0 Å². The van der Waals surface area contributed by atoms with E-state index < -0.39 is 6.04 Å². The molecule has 0 radical (unpaired) electrons. The second-order valence-corrected chi connectivity index (χ2v) is 4.43. The van der Waals surface area contributed by atoms with Crippen molar-refractivity contribution in [2.45, 2.75) is 32.7 Å². The molecule has 1 aromatic heterocycles. The van der Waals surface area contributed by atoms with E-state index in [1.54, 1.807) is 11.1 Å². The number of aryl methyl sites for hydroxylation is 1. The highest BCUT2D eigenvalue weighted by Gasteiger charge is 2.29. The molecule has 1 unspecified atom stereocenters. The summed E-state index contributed by atoms with van der Waals surface area (Å²) in [4.78, 5) is 29.6. The van der Waals surface area contributed by atoms with Crippen LogP contribution in [0.3, 0.4) is 0 Å². The Kier molecular flexibility index (Phi) is 3.60. The molecule has 1 fully saturated rings. The number of carbonyl (C=O) groups excluding carboxylic acids is 2. The van der Waals surface area contributed by atoms with Gasteiger partial charge >= 0.3 is 0 Å². The maximum atomic E-state index is 12.3. The van der Waals surface area contributed by atoms with Crippen LogP contribution in [0.2, 0.25) is 0 Å². The van der Waals surface area contributed by atoms with Crippen LogP contribution in [0.1, 0.15) is 25.5 Å². The van der Waals surface area contributed by atoms with Gasteiger partial charge in [0, 0.05) is 18.7 Å². The number of anilines is 1. The minimum Gasteiger partial charge on any atom is -0.344 e. The molecule has 2 heterocycles. The van der Waals surface area contributed by atoms with E-state index in [0.29, 0.717) is 19.4 Å². The van der Waals surface area contributed by atoms with Gasteiger partial charge in [-0.2, -0.15) is 0 Å². The van der Waals surface area contributed by atoms with Gasteiger partial charge in [0.25, 0.3) is 0 Å². The molecule has 1 atom stereocenters. The topological polar surface area (TPSA) is 62.3 Å². The van der Waals surface area contributed by atoms with E-state index in [1.165, 1.54) is 0 Å². The SMILES string of the molecule is CCC1NC(=O)CCN(c2ccc(C)nc2)C1=O. The monoisotopic (exact) mass is 247 g/mol. The van der Waals surface area contributed by atoms with Gasteiger partial charge in [0.15, 0.2) is 0 Å². The molecule has 2 rings (SSSR count). The van der Waals surface area contributed by atoms with Crippen molar-refractivity contribution in [3.8, 4) is 0 Å². The Morgan fingerprint density at radius 1 is 1.44 bits per heavy atom. The number of carbonyl (C=O) groups is 2. The molecule has 0 aliphatic carbocycles. The Morgan fingerprint density at radius 3 is 2.83 bits per heavy atom. The highest BCUT2D eigenvalue weighted by Crippen LogP contribution is 2.17. The summed E-state index contributed by atoms with van der Waals surface area (Å²) in [6, 6.07) is 3.30. The maximum Gasteiger partial charge on any atom is 0.249 e. The Bertz CT molecular complexity index is 456. The lowest BCUT2D eigenvalue weighted by molar-refractivity contribution is -0.125. The third-order valence-corrected chi connectivity index (χ3v) is 3.08. The Morgan fingerprint density at radius 2 is 2.22 bits per heavy atom. The number of nitrogens with one attached hydrogen (secondary N) is 1. The van der Waals surface area contributed by atoms with Crippen molar-refractivity contribution in [1.82, 2.24) is 10.3 Å². The number of pyridine rings is 1. The zero-order valence-corrected chi connectivity index (χ0v) is 10.6. The number of hydrogen-bond donors (Lipinski definition) is 1. The molecule has 0 spiro atoms. The molecule has 1 aromatic rings. The van der Waals surface area contributed by atoms with E-state index in [2.05, 4.69) is 10.3 Å². The predicted molar refractivity (Wildman–Crippen MR) is 68.2 cm³/mol. The molecule has 0 bridgehead atoms. The lowest BCUT2D eigenvalue weighted by atomic mass is 10.2. The van der Waals surface area contributed by atoms with Gasteiger partial charge in [0.05, 0.1) is 11.9 Å². The molecule has 1 aliphatic heterocycles. The fraction of sp³-hybridized carbons (Fsp3) is 0.462. The Hall–Kier alpha value is -1.91. The van der Waals surface area contributed by atoms with Crippen molar-refractivity contribution in [2.24, 2.45) is 0 Å². The summed E-state index contributed by atoms with van der Waals surface area (Å²) in [5.41, 5.74) is 1.66. The summed E-state index contributed by atoms with van der Waals surface area (Å²) >= 11 is 0. The largest absolute Gasteiger partial charge is 0.344 e. The zero-order chi connectivity index (χ0) is 13.1. The smallest absolute Gasteiger partial charge is 0.249 e. The molecule has 5 heteroatoms. The van der Waals surface area contributed by atoms with Crippen molar-refractivity contribution in [2.75, 3.05) is 11.4 Å². The van der Waals surface area contributed by atoms with Gasteiger partial charge in [-0.05, 0) is 25.5 Å². The summed E-state index contributed by atoms with van der Waals surface area (Å²) in [5.74, 6) is -0.133. The van der Waals surface area contributed by atoms with Gasteiger partial charge in [-0.15, -0.1) is 0 Å². The van der Waals surface area contributed by atoms with Crippen LogP contribution in [0.25, 0.3) is 0 Å². The van der Waals surface area contributed by atoms with Crippen LogP contribution in [0.5, 0.6) is 0 Å². The van der Waals surface area contributed by atoms with Crippen molar-refractivity contribution in [3.63, 3.8) is 0 Å². The second kappa shape index (κ2) is 5.16. The van der Waals surface area contributed by atoms with Crippen molar-refractivity contribution >= 4 is 17.5 Å². The molecule has 5 nitrogen and oxygen atoms in total. The standard InChI is InChI=1S/C13H17N3O2/c1-3-11-13(18)16(7-6-12(17)15-11)10-5-4-9(2)14-8-10/h4-5,8,11H,3,6-7H2,1-2H3,(H,15,17). The Labute approximate surface area is 106 Å². The molecular weight excluding hydrogens is 230 g/mol. The summed E-state index contributed by atoms with van der Waals surface area (Å²) in [6.45, 7) is 4.19. The zero-order valence-electron chi connectivity index (χ0n) is 10.6. The third-order valence-electron chi connectivity index (χ3n) is 3.08. The molecular formula is C13H17N3O2. The van der Waals surface area contributed by atoms with Crippen LogP contribution in [0.4, 0.5) is 5.69 Å². The first-order valence-corrected chi connectivity index (χ1v) is 6.15. The van der Waals surface area contributed by atoms with E-state index in [1.807, 2.05) is 26.0 Å². The molecule has 1 saturated heterocycles. The average Bonchev–Trinajstić information content (AvgIpc) is 2.51. The molecule has 18 heavy (non-hydrogen) atoms. The van der Waals surface area contributed by atoms with Crippen molar-refractivity contribution < 1.29 is 9.59 Å². The van der Waals surface area contributed by atoms with E-state index in [-0.39, 0.29) is 11.8 Å². The van der Waals surface area contributed by atoms with Gasteiger partial charge in [-0.3, -0.25) is 14.6 Å². The summed E-state index contributed by atoms with van der Waals surface area (Å²) in [5, 5.41) is 2.74. The number of hydrogen-bond acceptors (Lipinski definition) is 3. The number of rotatable bonds is 2. The highest BCUT2D eigenvalue weighted by atomic mass is 16.2. The van der Waals surface area contributed by atoms with Crippen LogP contribution in [-0.4, -0.2) is 29.4 Å². The molecule has 0 aromatic carbocycles. The molecule has 1 N–H and O–H groups in total. The fourth-order valence-corrected chi connectivity index (χ4v) is 1.99. The molecule has 1 aliphatic rings. The summed E-state index contributed by atoms with van der Waals surface area (Å²) in [6.07, 6.45) is 2.60. The normalized spacial score (nSPS) is 20.6. The number of amides is 2. The lowest BCUT2D eigenvalue weighted by Gasteiger charge is -2.23. The van der Waals surface area contributed by atoms with Crippen LogP contribution < -0.4 is 10.2 Å². The minimum atomic E-state index is -0.429. The fourth-order valence-electron chi connectivity index (χ4n) is 1.99.